The number of aliphatic hydroxyl groups excluding tert-OH is 1. The normalized spacial score (nSPS) is 18.3. The van der Waals surface area contributed by atoms with Gasteiger partial charge in [-0.15, -0.1) is 11.3 Å². The van der Waals surface area contributed by atoms with Crippen LogP contribution >= 0.6 is 34.5 Å². The van der Waals surface area contributed by atoms with Crippen LogP contribution in [0.15, 0.2) is 41.8 Å². The number of hydrogen-bond acceptors (Lipinski definition) is 5. The second kappa shape index (κ2) is 8.58. The van der Waals surface area contributed by atoms with Crippen molar-refractivity contribution in [1.82, 2.24) is 9.88 Å². The molecule has 1 aliphatic carbocycles. The summed E-state index contributed by atoms with van der Waals surface area (Å²) < 4.78 is 18.6. The predicted molar refractivity (Wildman–Crippen MR) is 113 cm³/mol. The molecule has 1 aliphatic rings. The standard InChI is InChI=1S/C21H19Cl2FN2O2S/c1-26(21-17-6-12(22)7-18(23)16(17)8-19(21)27)9-14-11-29-20(25-14)10-28-15-4-2-13(24)3-5-15/h2-7,11,19,21,27H,8-10H2,1H3. The first-order chi connectivity index (χ1) is 13.9. The molecule has 3 aromatic rings. The largest absolute Gasteiger partial charge is 0.486 e. The van der Waals surface area contributed by atoms with Gasteiger partial charge >= 0.3 is 0 Å². The van der Waals surface area contributed by atoms with Crippen LogP contribution in [0.1, 0.15) is 27.9 Å². The van der Waals surface area contributed by atoms with Crippen LogP contribution in [-0.2, 0) is 19.6 Å². The lowest BCUT2D eigenvalue weighted by molar-refractivity contribution is 0.0719. The highest BCUT2D eigenvalue weighted by atomic mass is 35.5. The lowest BCUT2D eigenvalue weighted by Gasteiger charge is -2.27. The zero-order valence-electron chi connectivity index (χ0n) is 15.6. The molecule has 152 valence electrons. The Balaban J connectivity index is 1.42. The van der Waals surface area contributed by atoms with Crippen LogP contribution in [-0.4, -0.2) is 28.1 Å². The van der Waals surface area contributed by atoms with Crippen molar-refractivity contribution < 1.29 is 14.2 Å². The molecule has 0 fully saturated rings. The molecule has 0 spiro atoms. The Morgan fingerprint density at radius 1 is 1.28 bits per heavy atom. The SMILES string of the molecule is CN(Cc1csc(COc2ccc(F)cc2)n1)C1c2cc(Cl)cc(Cl)c2CC1O. The first kappa shape index (κ1) is 20.6. The highest BCUT2D eigenvalue weighted by Gasteiger charge is 2.35. The molecular weight excluding hydrogens is 434 g/mol. The maximum absolute atomic E-state index is 13.0. The Hall–Kier alpha value is -1.70. The van der Waals surface area contributed by atoms with Crippen LogP contribution in [0.3, 0.4) is 0 Å². The summed E-state index contributed by atoms with van der Waals surface area (Å²) >= 11 is 14.0. The third-order valence-electron chi connectivity index (χ3n) is 4.95. The predicted octanol–water partition coefficient (Wildman–Crippen LogP) is 5.26. The van der Waals surface area contributed by atoms with Crippen molar-refractivity contribution in [3.63, 3.8) is 0 Å². The average Bonchev–Trinajstić information content (AvgIpc) is 3.25. The van der Waals surface area contributed by atoms with Gasteiger partial charge in [0.2, 0.25) is 0 Å². The van der Waals surface area contributed by atoms with Crippen molar-refractivity contribution in [1.29, 1.82) is 0 Å². The molecule has 8 heteroatoms. The van der Waals surface area contributed by atoms with E-state index in [1.165, 1.54) is 23.5 Å². The third-order valence-corrected chi connectivity index (χ3v) is 6.38. The minimum absolute atomic E-state index is 0.193. The average molecular weight is 453 g/mol. The maximum Gasteiger partial charge on any atom is 0.140 e. The summed E-state index contributed by atoms with van der Waals surface area (Å²) in [6.45, 7) is 0.887. The van der Waals surface area contributed by atoms with E-state index < -0.39 is 6.10 Å². The molecule has 2 aromatic carbocycles. The first-order valence-corrected chi connectivity index (χ1v) is 10.7. The fourth-order valence-corrected chi connectivity index (χ4v) is 4.96. The zero-order valence-corrected chi connectivity index (χ0v) is 17.9. The topological polar surface area (TPSA) is 45.6 Å². The van der Waals surface area contributed by atoms with Gasteiger partial charge in [-0.2, -0.15) is 0 Å². The number of likely N-dealkylation sites (N-methyl/N-ethyl adjacent to an activating group) is 1. The summed E-state index contributed by atoms with van der Waals surface area (Å²) in [5, 5.41) is 14.6. The summed E-state index contributed by atoms with van der Waals surface area (Å²) in [4.78, 5) is 6.67. The van der Waals surface area contributed by atoms with Gasteiger partial charge in [0.05, 0.1) is 17.8 Å². The Bertz CT molecular complexity index is 1010. The number of aromatic nitrogens is 1. The molecule has 4 rings (SSSR count). The van der Waals surface area contributed by atoms with E-state index in [-0.39, 0.29) is 11.9 Å². The van der Waals surface area contributed by atoms with Crippen molar-refractivity contribution in [2.45, 2.75) is 31.7 Å². The fraction of sp³-hybridized carbons (Fsp3) is 0.286. The molecule has 0 aliphatic heterocycles. The quantitative estimate of drug-likeness (QED) is 0.553. The molecule has 0 saturated carbocycles. The number of halogens is 3. The third kappa shape index (κ3) is 4.57. The van der Waals surface area contributed by atoms with Gasteiger partial charge < -0.3 is 9.84 Å². The molecule has 0 bridgehead atoms. The Morgan fingerprint density at radius 3 is 2.79 bits per heavy atom. The van der Waals surface area contributed by atoms with E-state index in [1.807, 2.05) is 18.5 Å². The lowest BCUT2D eigenvalue weighted by atomic mass is 10.1. The number of nitrogens with zero attached hydrogens (tertiary/aromatic N) is 2. The number of rotatable bonds is 6. The van der Waals surface area contributed by atoms with E-state index in [9.17, 15) is 9.50 Å². The monoisotopic (exact) mass is 452 g/mol. The van der Waals surface area contributed by atoms with E-state index in [4.69, 9.17) is 27.9 Å². The Labute approximate surface area is 182 Å². The van der Waals surface area contributed by atoms with E-state index in [0.717, 1.165) is 21.8 Å². The number of ether oxygens (including phenoxy) is 1. The van der Waals surface area contributed by atoms with Gasteiger partial charge in [0.15, 0.2) is 0 Å². The summed E-state index contributed by atoms with van der Waals surface area (Å²) in [6.07, 6.45) is -0.0420. The van der Waals surface area contributed by atoms with Crippen molar-refractivity contribution in [3.8, 4) is 5.75 Å². The number of hydrogen-bond donors (Lipinski definition) is 1. The molecule has 0 radical (unpaired) electrons. The minimum atomic E-state index is -0.550. The van der Waals surface area contributed by atoms with E-state index in [0.29, 0.717) is 35.4 Å². The van der Waals surface area contributed by atoms with Gasteiger partial charge in [-0.25, -0.2) is 9.37 Å². The highest BCUT2D eigenvalue weighted by Crippen LogP contribution is 2.41. The van der Waals surface area contributed by atoms with Crippen molar-refractivity contribution in [3.05, 3.63) is 79.5 Å². The van der Waals surface area contributed by atoms with Crippen molar-refractivity contribution in [2.75, 3.05) is 7.05 Å². The first-order valence-electron chi connectivity index (χ1n) is 9.08. The van der Waals surface area contributed by atoms with Gasteiger partial charge in [-0.05, 0) is 54.6 Å². The number of aliphatic hydroxyl groups is 1. The summed E-state index contributed by atoms with van der Waals surface area (Å²) in [5.74, 6) is 0.301. The van der Waals surface area contributed by atoms with Gasteiger partial charge in [-0.3, -0.25) is 4.90 Å². The van der Waals surface area contributed by atoms with Crippen molar-refractivity contribution >= 4 is 34.5 Å². The van der Waals surface area contributed by atoms with E-state index >= 15 is 0 Å². The molecule has 29 heavy (non-hydrogen) atoms. The van der Waals surface area contributed by atoms with Crippen LogP contribution in [0, 0.1) is 5.82 Å². The van der Waals surface area contributed by atoms with Crippen LogP contribution in [0.4, 0.5) is 4.39 Å². The molecule has 1 N–H and O–H groups in total. The molecule has 2 atom stereocenters. The smallest absolute Gasteiger partial charge is 0.140 e. The van der Waals surface area contributed by atoms with Gasteiger partial charge in [0.1, 0.15) is 23.2 Å². The number of benzene rings is 2. The van der Waals surface area contributed by atoms with Gasteiger partial charge in [0.25, 0.3) is 0 Å². The highest BCUT2D eigenvalue weighted by molar-refractivity contribution is 7.09. The van der Waals surface area contributed by atoms with E-state index in [2.05, 4.69) is 9.88 Å². The van der Waals surface area contributed by atoms with Crippen LogP contribution in [0.2, 0.25) is 10.0 Å². The maximum atomic E-state index is 13.0. The summed E-state index contributed by atoms with van der Waals surface area (Å²) in [7, 11) is 1.95. The number of fused-ring (bicyclic) bond motifs is 1. The summed E-state index contributed by atoms with van der Waals surface area (Å²) in [6, 6.07) is 9.30. The van der Waals surface area contributed by atoms with Crippen LogP contribution < -0.4 is 4.74 Å². The molecule has 0 amide bonds. The van der Waals surface area contributed by atoms with E-state index in [1.54, 1.807) is 18.2 Å². The second-order valence-corrected chi connectivity index (χ2v) is 8.85. The zero-order chi connectivity index (χ0) is 20.5. The molecule has 2 unspecified atom stereocenters. The molecule has 4 nitrogen and oxygen atoms in total. The lowest BCUT2D eigenvalue weighted by Crippen LogP contribution is -2.30. The second-order valence-electron chi connectivity index (χ2n) is 7.06. The van der Waals surface area contributed by atoms with Gasteiger partial charge in [-0.1, -0.05) is 23.2 Å². The summed E-state index contributed by atoms with van der Waals surface area (Å²) in [5.41, 5.74) is 2.81. The Morgan fingerprint density at radius 2 is 2.03 bits per heavy atom. The molecule has 0 saturated heterocycles. The van der Waals surface area contributed by atoms with Crippen molar-refractivity contribution in [2.24, 2.45) is 0 Å². The van der Waals surface area contributed by atoms with Crippen LogP contribution in [0.25, 0.3) is 0 Å². The van der Waals surface area contributed by atoms with Gasteiger partial charge in [0, 0.05) is 28.4 Å². The Kier molecular flexibility index (Phi) is 6.08. The van der Waals surface area contributed by atoms with Crippen LogP contribution in [0.5, 0.6) is 5.75 Å². The number of thiazole rings is 1. The minimum Gasteiger partial charge on any atom is -0.486 e. The molecular formula is C21H19Cl2FN2O2S. The fourth-order valence-electron chi connectivity index (χ4n) is 3.68. The molecule has 1 aromatic heterocycles. The molecule has 1 heterocycles.